The number of aromatic nitrogens is 4. The molecule has 150 valence electrons. The lowest BCUT2D eigenvalue weighted by Gasteiger charge is -2.02. The van der Waals surface area contributed by atoms with Crippen LogP contribution in [0.5, 0.6) is 0 Å². The Balaban J connectivity index is 0.000000436. The summed E-state index contributed by atoms with van der Waals surface area (Å²) in [6.45, 7) is 7.53. The van der Waals surface area contributed by atoms with Gasteiger partial charge in [0.2, 0.25) is 6.41 Å². The van der Waals surface area contributed by atoms with E-state index in [2.05, 4.69) is 34.2 Å². The molecule has 0 saturated heterocycles. The highest BCUT2D eigenvalue weighted by atomic mass is 16.1. The van der Waals surface area contributed by atoms with E-state index in [1.165, 1.54) is 11.3 Å². The van der Waals surface area contributed by atoms with Crippen molar-refractivity contribution < 1.29 is 9.59 Å². The van der Waals surface area contributed by atoms with Crippen molar-refractivity contribution in [2.24, 2.45) is 0 Å². The number of nitrogens with zero attached hydrogens (tertiary/aromatic N) is 4. The van der Waals surface area contributed by atoms with Crippen LogP contribution in [0.1, 0.15) is 41.7 Å². The quantitative estimate of drug-likeness (QED) is 0.552. The number of aryl methyl sites for hydroxylation is 2. The van der Waals surface area contributed by atoms with Crippen LogP contribution < -0.4 is 5.32 Å². The second kappa shape index (κ2) is 12.9. The summed E-state index contributed by atoms with van der Waals surface area (Å²) in [6.07, 6.45) is 7.68. The molecule has 0 unspecified atom stereocenters. The van der Waals surface area contributed by atoms with Gasteiger partial charge in [0.05, 0.1) is 11.9 Å². The molecule has 0 bridgehead atoms. The number of pyridine rings is 2. The molecule has 7 nitrogen and oxygen atoms in total. The second-order valence-corrected chi connectivity index (χ2v) is 5.68. The van der Waals surface area contributed by atoms with E-state index < -0.39 is 0 Å². The Labute approximate surface area is 166 Å². The monoisotopic (exact) mass is 383 g/mol. The number of amides is 1. The minimum Gasteiger partial charge on any atom is -0.362 e. The molecule has 0 saturated carbocycles. The predicted molar refractivity (Wildman–Crippen MR) is 112 cm³/mol. The smallest absolute Gasteiger partial charge is 0.206 e. The number of rotatable bonds is 3. The molecule has 3 aromatic rings. The van der Waals surface area contributed by atoms with E-state index in [1.807, 2.05) is 29.9 Å². The number of nitrogens with one attached hydrogen (secondary N) is 1. The van der Waals surface area contributed by atoms with Crippen LogP contribution in [0.15, 0.2) is 49.1 Å². The molecule has 0 spiro atoms. The van der Waals surface area contributed by atoms with Crippen molar-refractivity contribution in [2.75, 3.05) is 7.05 Å². The number of carbonyl (C=O) groups excluding carboxylic acids is 2. The van der Waals surface area contributed by atoms with Crippen LogP contribution in [0.25, 0.3) is 5.69 Å². The van der Waals surface area contributed by atoms with Crippen molar-refractivity contribution in [3.05, 3.63) is 71.6 Å². The molecule has 0 fully saturated rings. The minimum absolute atomic E-state index is 0. The lowest BCUT2D eigenvalue weighted by molar-refractivity contribution is -0.109. The highest BCUT2D eigenvalue weighted by molar-refractivity contribution is 5.93. The maximum atomic E-state index is 10.8. The fraction of sp³-hybridized carbons (Fsp3) is 0.286. The standard InChI is InChI=1S/C10H11N3.C8H9NO.C2H5NO.CH4/c1-8-7-12-13(9(8)2)10-3-5-11-6-4-10;1-6-5-8(7(2)10)3-4-9-6;1-3-2-4;/h3-7H,1-2H3;3-5H,1-2H3;2H,1H3,(H,3,4);1H4. The van der Waals surface area contributed by atoms with Crippen molar-refractivity contribution in [1.82, 2.24) is 25.1 Å². The van der Waals surface area contributed by atoms with Gasteiger partial charge in [-0.2, -0.15) is 5.10 Å². The van der Waals surface area contributed by atoms with E-state index in [0.29, 0.717) is 6.41 Å². The average Bonchev–Trinajstić information content (AvgIpc) is 3.02. The fourth-order valence-electron chi connectivity index (χ4n) is 2.00. The average molecular weight is 383 g/mol. The summed E-state index contributed by atoms with van der Waals surface area (Å²) < 4.78 is 1.91. The molecule has 0 aliphatic rings. The minimum atomic E-state index is 0. The Morgan fingerprint density at radius 2 is 1.71 bits per heavy atom. The Hall–Kier alpha value is -3.35. The highest BCUT2D eigenvalue weighted by Gasteiger charge is 2.02. The third-order valence-electron chi connectivity index (χ3n) is 3.58. The number of hydrogen-bond donors (Lipinski definition) is 1. The van der Waals surface area contributed by atoms with Crippen LogP contribution >= 0.6 is 0 Å². The summed E-state index contributed by atoms with van der Waals surface area (Å²) in [5.41, 5.74) is 5.05. The molecule has 1 N–H and O–H groups in total. The first-order chi connectivity index (χ1) is 12.9. The zero-order valence-corrected chi connectivity index (χ0v) is 16.3. The van der Waals surface area contributed by atoms with Crippen molar-refractivity contribution >= 4 is 12.2 Å². The van der Waals surface area contributed by atoms with Gasteiger partial charge >= 0.3 is 0 Å². The molecule has 1 amide bonds. The molecular weight excluding hydrogens is 354 g/mol. The second-order valence-electron chi connectivity index (χ2n) is 5.68. The molecule has 0 atom stereocenters. The van der Waals surface area contributed by atoms with Gasteiger partial charge in [0.15, 0.2) is 5.78 Å². The number of hydrogen-bond acceptors (Lipinski definition) is 5. The molecule has 7 heteroatoms. The number of Topliss-reactive ketones (excluding diaryl/α,β-unsaturated/α-hetero) is 1. The molecule has 3 heterocycles. The third kappa shape index (κ3) is 7.90. The Morgan fingerprint density at radius 1 is 1.11 bits per heavy atom. The highest BCUT2D eigenvalue weighted by Crippen LogP contribution is 2.11. The molecule has 0 aromatic carbocycles. The van der Waals surface area contributed by atoms with Gasteiger partial charge in [-0.3, -0.25) is 19.6 Å². The molecule has 3 aromatic heterocycles. The summed E-state index contributed by atoms with van der Waals surface area (Å²) in [5.74, 6) is 0.0884. The summed E-state index contributed by atoms with van der Waals surface area (Å²) in [4.78, 5) is 27.8. The van der Waals surface area contributed by atoms with Gasteiger partial charge in [-0.05, 0) is 57.5 Å². The van der Waals surface area contributed by atoms with E-state index in [4.69, 9.17) is 4.79 Å². The van der Waals surface area contributed by atoms with Gasteiger partial charge in [-0.25, -0.2) is 4.68 Å². The molecule has 3 rings (SSSR count). The van der Waals surface area contributed by atoms with Crippen molar-refractivity contribution in [2.45, 2.75) is 35.1 Å². The summed E-state index contributed by atoms with van der Waals surface area (Å²) in [6, 6.07) is 7.39. The van der Waals surface area contributed by atoms with Gasteiger partial charge in [0.25, 0.3) is 0 Å². The van der Waals surface area contributed by atoms with Gasteiger partial charge in [0, 0.05) is 42.6 Å². The van der Waals surface area contributed by atoms with E-state index >= 15 is 0 Å². The number of carbonyl (C=O) groups is 2. The normalized spacial score (nSPS) is 8.89. The Bertz CT molecular complexity index is 860. The van der Waals surface area contributed by atoms with Crippen LogP contribution in [0.3, 0.4) is 0 Å². The van der Waals surface area contributed by atoms with Crippen LogP contribution in [-0.4, -0.2) is 39.0 Å². The Kier molecular flexibility index (Phi) is 11.4. The predicted octanol–water partition coefficient (Wildman–Crippen LogP) is 3.48. The topological polar surface area (TPSA) is 89.8 Å². The molecule has 0 aliphatic carbocycles. The molecule has 0 aliphatic heterocycles. The first-order valence-electron chi connectivity index (χ1n) is 8.36. The fourth-order valence-corrected chi connectivity index (χ4v) is 2.00. The number of ketones is 1. The van der Waals surface area contributed by atoms with Crippen molar-refractivity contribution in [3.8, 4) is 5.69 Å². The third-order valence-corrected chi connectivity index (χ3v) is 3.58. The van der Waals surface area contributed by atoms with Gasteiger partial charge in [-0.1, -0.05) is 7.43 Å². The largest absolute Gasteiger partial charge is 0.362 e. The maximum absolute atomic E-state index is 10.8. The lowest BCUT2D eigenvalue weighted by atomic mass is 10.2. The van der Waals surface area contributed by atoms with E-state index in [1.54, 1.807) is 44.7 Å². The zero-order valence-electron chi connectivity index (χ0n) is 16.3. The first-order valence-corrected chi connectivity index (χ1v) is 8.36. The van der Waals surface area contributed by atoms with Crippen LogP contribution in [-0.2, 0) is 4.79 Å². The van der Waals surface area contributed by atoms with Crippen LogP contribution in [0.4, 0.5) is 0 Å². The van der Waals surface area contributed by atoms with E-state index in [-0.39, 0.29) is 13.2 Å². The molecule has 0 radical (unpaired) electrons. The van der Waals surface area contributed by atoms with E-state index in [0.717, 1.165) is 16.9 Å². The van der Waals surface area contributed by atoms with Gasteiger partial charge in [-0.15, -0.1) is 0 Å². The Morgan fingerprint density at radius 3 is 2.11 bits per heavy atom. The van der Waals surface area contributed by atoms with Crippen molar-refractivity contribution in [3.63, 3.8) is 0 Å². The van der Waals surface area contributed by atoms with Crippen molar-refractivity contribution in [1.29, 1.82) is 0 Å². The zero-order chi connectivity index (χ0) is 20.2. The maximum Gasteiger partial charge on any atom is 0.206 e. The summed E-state index contributed by atoms with van der Waals surface area (Å²) >= 11 is 0. The van der Waals surface area contributed by atoms with Gasteiger partial charge < -0.3 is 5.32 Å². The molecular formula is C21H29N5O2. The lowest BCUT2D eigenvalue weighted by Crippen LogP contribution is -1.98. The van der Waals surface area contributed by atoms with E-state index in [9.17, 15) is 4.79 Å². The van der Waals surface area contributed by atoms with Crippen LogP contribution in [0.2, 0.25) is 0 Å². The summed E-state index contributed by atoms with van der Waals surface area (Å²) in [7, 11) is 1.56. The summed E-state index contributed by atoms with van der Waals surface area (Å²) in [5, 5.41) is 6.52. The van der Waals surface area contributed by atoms with Gasteiger partial charge in [0.1, 0.15) is 0 Å². The van der Waals surface area contributed by atoms with Crippen LogP contribution in [0, 0.1) is 20.8 Å². The molecule has 28 heavy (non-hydrogen) atoms. The SMILES string of the molecule is C.CC(=O)c1ccnc(C)c1.CNC=O.Cc1cnn(-c2ccncc2)c1C. The first kappa shape index (κ1) is 24.7.